The molecule has 6 heteroatoms. The first-order chi connectivity index (χ1) is 36.5. The average Bonchev–Trinajstić information content (AvgIpc) is 3.40. The van der Waals surface area contributed by atoms with Crippen LogP contribution in [0.25, 0.3) is 0 Å². The highest BCUT2D eigenvalue weighted by Crippen LogP contribution is 2.14. The van der Waals surface area contributed by atoms with Gasteiger partial charge < -0.3 is 14.2 Å². The molecule has 0 aliphatic heterocycles. The maximum atomic E-state index is 12.9. The lowest BCUT2D eigenvalue weighted by atomic mass is 10.1. The van der Waals surface area contributed by atoms with Crippen LogP contribution in [-0.4, -0.2) is 37.2 Å². The van der Waals surface area contributed by atoms with Gasteiger partial charge in [0, 0.05) is 19.3 Å². The molecule has 1 unspecified atom stereocenters. The lowest BCUT2D eigenvalue weighted by Gasteiger charge is -2.18. The summed E-state index contributed by atoms with van der Waals surface area (Å²) in [5, 5.41) is 0. The molecule has 0 aromatic carbocycles. The van der Waals surface area contributed by atoms with E-state index in [1.54, 1.807) is 0 Å². The molecule has 0 fully saturated rings. The van der Waals surface area contributed by atoms with Crippen molar-refractivity contribution >= 4 is 17.9 Å². The first-order valence-corrected chi connectivity index (χ1v) is 30.5. The van der Waals surface area contributed by atoms with E-state index < -0.39 is 6.10 Å². The van der Waals surface area contributed by atoms with E-state index >= 15 is 0 Å². The third-order valence-electron chi connectivity index (χ3n) is 12.7. The molecule has 0 radical (unpaired) electrons. The summed E-state index contributed by atoms with van der Waals surface area (Å²) in [6.45, 7) is 6.44. The van der Waals surface area contributed by atoms with E-state index in [0.717, 1.165) is 116 Å². The molecular formula is C68H112O6. The van der Waals surface area contributed by atoms with Crippen molar-refractivity contribution in [3.8, 4) is 0 Å². The van der Waals surface area contributed by atoms with E-state index in [0.29, 0.717) is 25.7 Å². The number of carbonyl (C=O) groups is 3. The van der Waals surface area contributed by atoms with Crippen molar-refractivity contribution in [1.29, 1.82) is 0 Å². The fourth-order valence-corrected chi connectivity index (χ4v) is 8.08. The first kappa shape index (κ1) is 69.8. The van der Waals surface area contributed by atoms with Crippen LogP contribution in [-0.2, 0) is 28.6 Å². The minimum Gasteiger partial charge on any atom is -0.462 e. The van der Waals surface area contributed by atoms with Crippen LogP contribution >= 0.6 is 0 Å². The zero-order valence-corrected chi connectivity index (χ0v) is 48.1. The number of hydrogen-bond acceptors (Lipinski definition) is 6. The van der Waals surface area contributed by atoms with Gasteiger partial charge in [0.15, 0.2) is 6.10 Å². The van der Waals surface area contributed by atoms with Gasteiger partial charge in [-0.25, -0.2) is 0 Å². The third kappa shape index (κ3) is 58.7. The SMILES string of the molecule is CC/C=C\C/C=C\C/C=C\C/C=C\C/C=C\C/C=C\C/C=C\C/C=C\CCCCC(=O)OCC(COC(=O)CCCCCCC/C=C\CCCC)OC(=O)CCCCCCCCC/C=C\CCCCCCCCC. The Morgan fingerprint density at radius 1 is 0.284 bits per heavy atom. The van der Waals surface area contributed by atoms with Gasteiger partial charge in [0.25, 0.3) is 0 Å². The molecule has 0 N–H and O–H groups in total. The topological polar surface area (TPSA) is 78.9 Å². The quantitative estimate of drug-likeness (QED) is 0.0261. The Labute approximate surface area is 456 Å². The minimum atomic E-state index is -0.805. The summed E-state index contributed by atoms with van der Waals surface area (Å²) in [5.74, 6) is -0.959. The number of allylic oxidation sites excluding steroid dienone is 20. The molecule has 0 saturated carbocycles. The first-order valence-electron chi connectivity index (χ1n) is 30.5. The Hall–Kier alpha value is -4.19. The van der Waals surface area contributed by atoms with Crippen molar-refractivity contribution in [3.05, 3.63) is 122 Å². The van der Waals surface area contributed by atoms with Gasteiger partial charge in [-0.15, -0.1) is 0 Å². The Kier molecular flexibility index (Phi) is 57.9. The second-order valence-electron chi connectivity index (χ2n) is 19.9. The normalized spacial score (nSPS) is 13.0. The summed E-state index contributed by atoms with van der Waals surface area (Å²) < 4.78 is 16.8. The number of carbonyl (C=O) groups excluding carboxylic acids is 3. The summed E-state index contributed by atoms with van der Waals surface area (Å²) in [6, 6.07) is 0. The van der Waals surface area contributed by atoms with E-state index in [2.05, 4.69) is 142 Å². The summed E-state index contributed by atoms with van der Waals surface area (Å²) in [4.78, 5) is 38.2. The molecule has 74 heavy (non-hydrogen) atoms. The number of hydrogen-bond donors (Lipinski definition) is 0. The van der Waals surface area contributed by atoms with Crippen molar-refractivity contribution in [1.82, 2.24) is 0 Å². The van der Waals surface area contributed by atoms with E-state index in [4.69, 9.17) is 14.2 Å². The number of unbranched alkanes of at least 4 members (excludes halogenated alkanes) is 23. The van der Waals surface area contributed by atoms with Gasteiger partial charge in [0.1, 0.15) is 13.2 Å². The second-order valence-corrected chi connectivity index (χ2v) is 19.9. The van der Waals surface area contributed by atoms with Gasteiger partial charge >= 0.3 is 17.9 Å². The molecule has 0 amide bonds. The van der Waals surface area contributed by atoms with Gasteiger partial charge in [0.05, 0.1) is 0 Å². The maximum absolute atomic E-state index is 12.9. The van der Waals surface area contributed by atoms with Crippen LogP contribution in [0.2, 0.25) is 0 Å². The Balaban J connectivity index is 4.41. The highest BCUT2D eigenvalue weighted by Gasteiger charge is 2.19. The largest absolute Gasteiger partial charge is 0.462 e. The van der Waals surface area contributed by atoms with Gasteiger partial charge in [-0.3, -0.25) is 14.4 Å². The van der Waals surface area contributed by atoms with Crippen LogP contribution in [0.1, 0.15) is 271 Å². The van der Waals surface area contributed by atoms with Gasteiger partial charge in [0.2, 0.25) is 0 Å². The van der Waals surface area contributed by atoms with Crippen molar-refractivity contribution in [3.63, 3.8) is 0 Å². The van der Waals surface area contributed by atoms with Crippen molar-refractivity contribution in [2.45, 2.75) is 277 Å². The molecule has 6 nitrogen and oxygen atoms in total. The number of rotatable bonds is 54. The van der Waals surface area contributed by atoms with Crippen LogP contribution in [0.4, 0.5) is 0 Å². The molecule has 0 aromatic rings. The van der Waals surface area contributed by atoms with E-state index in [-0.39, 0.29) is 31.1 Å². The zero-order valence-electron chi connectivity index (χ0n) is 48.1. The molecule has 0 aliphatic carbocycles. The third-order valence-corrected chi connectivity index (χ3v) is 12.7. The van der Waals surface area contributed by atoms with E-state index in [1.807, 2.05) is 0 Å². The molecule has 0 aromatic heterocycles. The average molecular weight is 1030 g/mol. The molecule has 420 valence electrons. The van der Waals surface area contributed by atoms with Crippen LogP contribution in [0.5, 0.6) is 0 Å². The molecule has 0 rings (SSSR count). The predicted octanol–water partition coefficient (Wildman–Crippen LogP) is 20.8. The van der Waals surface area contributed by atoms with Gasteiger partial charge in [-0.2, -0.15) is 0 Å². The number of ether oxygens (including phenoxy) is 3. The molecule has 0 heterocycles. The van der Waals surface area contributed by atoms with Gasteiger partial charge in [-0.1, -0.05) is 245 Å². The molecule has 1 atom stereocenters. The smallest absolute Gasteiger partial charge is 0.306 e. The van der Waals surface area contributed by atoms with Crippen LogP contribution in [0.15, 0.2) is 122 Å². The monoisotopic (exact) mass is 1020 g/mol. The van der Waals surface area contributed by atoms with Crippen LogP contribution < -0.4 is 0 Å². The molecular weight excluding hydrogens is 913 g/mol. The summed E-state index contributed by atoms with van der Waals surface area (Å²) in [5.41, 5.74) is 0. The van der Waals surface area contributed by atoms with Crippen molar-refractivity contribution in [2.75, 3.05) is 13.2 Å². The Bertz CT molecular complexity index is 1550. The Morgan fingerprint density at radius 2 is 0.541 bits per heavy atom. The fourth-order valence-electron chi connectivity index (χ4n) is 8.08. The summed E-state index contributed by atoms with van der Waals surface area (Å²) in [7, 11) is 0. The van der Waals surface area contributed by atoms with E-state index in [1.165, 1.54) is 109 Å². The number of esters is 3. The minimum absolute atomic E-state index is 0.100. The molecule has 0 aliphatic rings. The second kappa shape index (κ2) is 61.4. The maximum Gasteiger partial charge on any atom is 0.306 e. The lowest BCUT2D eigenvalue weighted by Crippen LogP contribution is -2.30. The lowest BCUT2D eigenvalue weighted by molar-refractivity contribution is -0.167. The molecule has 0 spiro atoms. The highest BCUT2D eigenvalue weighted by atomic mass is 16.6. The predicted molar refractivity (Wildman–Crippen MR) is 320 cm³/mol. The molecule has 0 saturated heterocycles. The standard InChI is InChI=1S/C68H112O6/c1-4-7-10-13-16-19-22-24-26-28-30-31-32-33-34-35-36-37-38-40-41-43-46-49-52-55-58-61-67(70)73-64-65(63-72-66(69)60-57-54-51-48-45-21-18-15-12-9-6-3)74-68(71)62-59-56-53-50-47-44-42-39-29-27-25-23-20-17-14-11-8-5-2/h7,10,15-16,18-19,24,26-27,29-31,33-34,36-37,40-41,46,49,65H,4-6,8-9,11-14,17,20-23,25,28,32,35,38-39,42-45,47-48,50-64H2,1-3H3/b10-7-,18-15-,19-16-,26-24-,29-27-,31-30-,34-33-,37-36-,41-40-,49-46-. The van der Waals surface area contributed by atoms with Crippen molar-refractivity contribution in [2.24, 2.45) is 0 Å². The summed E-state index contributed by atoms with van der Waals surface area (Å²) >= 11 is 0. The summed E-state index contributed by atoms with van der Waals surface area (Å²) in [6.07, 6.45) is 84.9. The van der Waals surface area contributed by atoms with Crippen LogP contribution in [0, 0.1) is 0 Å². The van der Waals surface area contributed by atoms with Crippen molar-refractivity contribution < 1.29 is 28.6 Å². The zero-order chi connectivity index (χ0) is 53.6. The molecule has 0 bridgehead atoms. The fraction of sp³-hybridized carbons (Fsp3) is 0.662. The Morgan fingerprint density at radius 3 is 0.905 bits per heavy atom. The van der Waals surface area contributed by atoms with Gasteiger partial charge in [-0.05, 0) is 128 Å². The highest BCUT2D eigenvalue weighted by molar-refractivity contribution is 5.71. The van der Waals surface area contributed by atoms with E-state index in [9.17, 15) is 14.4 Å². The van der Waals surface area contributed by atoms with Crippen LogP contribution in [0.3, 0.4) is 0 Å².